The highest BCUT2D eigenvalue weighted by molar-refractivity contribution is 5.88. The largest absolute Gasteiger partial charge is 0.492 e. The summed E-state index contributed by atoms with van der Waals surface area (Å²) in [7, 11) is 1.29. The van der Waals surface area contributed by atoms with E-state index in [1.54, 1.807) is 90.2 Å². The fourth-order valence-electron chi connectivity index (χ4n) is 5.34. The average molecular weight is 953 g/mol. The van der Waals surface area contributed by atoms with Crippen molar-refractivity contribution in [2.75, 3.05) is 44.0 Å². The third-order valence-electron chi connectivity index (χ3n) is 8.05. The third-order valence-corrected chi connectivity index (χ3v) is 8.05. The van der Waals surface area contributed by atoms with Crippen molar-refractivity contribution in [3.63, 3.8) is 0 Å². The van der Waals surface area contributed by atoms with Gasteiger partial charge in [-0.05, 0) is 90.1 Å². The van der Waals surface area contributed by atoms with Crippen LogP contribution in [0.3, 0.4) is 0 Å². The van der Waals surface area contributed by atoms with Crippen LogP contribution in [0.25, 0.3) is 22.8 Å². The standard InChI is InChI=1S/C23H26N6O5.C22H26N6O4.3CH4/c1-23(2,3)34-22(31)25-10-11-33-17-7-5-6-16(13-17)28-21-27-14-26-19(29-21)15-8-9-24-18(12-15)20(30)32-4;1-22(2,3)32-21(30)24-9-10-31-18-6-4-5-16(12-18)27-20-26-14-25-19(28-20)15-7-8-23-17(11-15)13-29;;;/h5-9,12-14H,10-11H2,1-4H3,(H,25,31)(H,26,27,28,29);4-8,11-12,14,29H,9-10,13H2,1-3H3,(H,24,30)(H,25,26,27,28);3*1H4. The van der Waals surface area contributed by atoms with E-state index in [0.717, 1.165) is 11.3 Å². The summed E-state index contributed by atoms with van der Waals surface area (Å²) in [5.74, 6) is 2.17. The van der Waals surface area contributed by atoms with Crippen LogP contribution in [0.1, 0.15) is 80.0 Å². The average Bonchev–Trinajstić information content (AvgIpc) is 3.28. The Balaban J connectivity index is 0.000000454. The van der Waals surface area contributed by atoms with Gasteiger partial charge in [-0.3, -0.25) is 4.98 Å². The van der Waals surface area contributed by atoms with Crippen LogP contribution in [-0.4, -0.2) is 108 Å². The molecule has 6 aromatic rings. The smallest absolute Gasteiger partial charge is 0.407 e. The van der Waals surface area contributed by atoms with E-state index in [4.69, 9.17) is 23.7 Å². The summed E-state index contributed by atoms with van der Waals surface area (Å²) in [6.45, 7) is 11.8. The number of anilines is 4. The van der Waals surface area contributed by atoms with Gasteiger partial charge in [0.2, 0.25) is 11.9 Å². The molecule has 0 radical (unpaired) electrons. The first-order valence-corrected chi connectivity index (χ1v) is 20.5. The van der Waals surface area contributed by atoms with Gasteiger partial charge in [0.05, 0.1) is 32.5 Å². The molecule has 0 spiro atoms. The molecular weight excluding hydrogens is 889 g/mol. The number of alkyl carbamates (subject to hydrolysis) is 2. The van der Waals surface area contributed by atoms with Crippen LogP contribution >= 0.6 is 0 Å². The van der Waals surface area contributed by atoms with Gasteiger partial charge < -0.3 is 50.1 Å². The Hall–Kier alpha value is -8.07. The number of esters is 1. The van der Waals surface area contributed by atoms with Gasteiger partial charge in [0, 0.05) is 47.0 Å². The van der Waals surface area contributed by atoms with Gasteiger partial charge in [0.25, 0.3) is 0 Å². The highest BCUT2D eigenvalue weighted by Crippen LogP contribution is 2.23. The number of aliphatic hydroxyl groups excluding tert-OH is 1. The second-order valence-electron chi connectivity index (χ2n) is 15.7. The molecule has 21 nitrogen and oxygen atoms in total. The highest BCUT2D eigenvalue weighted by atomic mass is 16.6. The number of aliphatic hydroxyl groups is 1. The highest BCUT2D eigenvalue weighted by Gasteiger charge is 2.17. The number of carbonyl (C=O) groups excluding carboxylic acids is 3. The zero-order valence-electron chi connectivity index (χ0n) is 37.6. The van der Waals surface area contributed by atoms with Crippen LogP contribution in [0.5, 0.6) is 11.5 Å². The number of aromatic nitrogens is 8. The van der Waals surface area contributed by atoms with Crippen molar-refractivity contribution in [3.05, 3.63) is 109 Å². The fraction of sp³-hybridized carbons (Fsp3) is 0.354. The van der Waals surface area contributed by atoms with Gasteiger partial charge >= 0.3 is 18.2 Å². The molecule has 0 saturated heterocycles. The Morgan fingerprint density at radius 2 is 1.06 bits per heavy atom. The summed E-state index contributed by atoms with van der Waals surface area (Å²) in [5, 5.41) is 20.8. The summed E-state index contributed by atoms with van der Waals surface area (Å²) < 4.78 is 26.4. The van der Waals surface area contributed by atoms with Crippen LogP contribution in [0, 0.1) is 0 Å². The SMILES string of the molecule is C.C.C.CC(C)(C)OC(=O)NCCOc1cccc(Nc2ncnc(-c3ccnc(CO)c3)n2)c1.COC(=O)c1cc(-c2ncnc(Nc3cccc(OCCNC(=O)OC(C)(C)C)c3)n2)ccn1. The van der Waals surface area contributed by atoms with Crippen molar-refractivity contribution in [1.29, 1.82) is 0 Å². The van der Waals surface area contributed by atoms with E-state index in [2.05, 4.69) is 61.1 Å². The van der Waals surface area contributed by atoms with Gasteiger partial charge in [-0.1, -0.05) is 34.4 Å². The van der Waals surface area contributed by atoms with Gasteiger partial charge in [0.1, 0.15) is 54.3 Å². The van der Waals surface area contributed by atoms with Crippen molar-refractivity contribution in [1.82, 2.24) is 50.5 Å². The first kappa shape index (κ1) is 57.1. The molecule has 0 atom stereocenters. The number of amides is 2. The van der Waals surface area contributed by atoms with Crippen molar-refractivity contribution < 1.29 is 43.2 Å². The van der Waals surface area contributed by atoms with Crippen LogP contribution < -0.4 is 30.7 Å². The molecule has 4 aromatic heterocycles. The number of benzene rings is 2. The molecule has 0 aliphatic carbocycles. The maximum atomic E-state index is 11.7. The van der Waals surface area contributed by atoms with E-state index < -0.39 is 29.4 Å². The minimum atomic E-state index is -0.555. The second kappa shape index (κ2) is 27.5. The molecule has 2 amide bonds. The van der Waals surface area contributed by atoms with Crippen molar-refractivity contribution in [2.45, 2.75) is 81.6 Å². The third kappa shape index (κ3) is 20.1. The molecule has 69 heavy (non-hydrogen) atoms. The lowest BCUT2D eigenvalue weighted by molar-refractivity contribution is 0.0509. The van der Waals surface area contributed by atoms with Crippen LogP contribution in [0.4, 0.5) is 32.9 Å². The van der Waals surface area contributed by atoms with E-state index >= 15 is 0 Å². The molecule has 0 unspecified atom stereocenters. The number of methoxy groups -OCH3 is 1. The summed E-state index contributed by atoms with van der Waals surface area (Å²) in [5.41, 5.74) is 2.33. The maximum Gasteiger partial charge on any atom is 0.407 e. The molecule has 2 aromatic carbocycles. The van der Waals surface area contributed by atoms with Crippen molar-refractivity contribution >= 4 is 41.4 Å². The Morgan fingerprint density at radius 3 is 1.51 bits per heavy atom. The zero-order chi connectivity index (χ0) is 47.5. The van der Waals surface area contributed by atoms with Crippen LogP contribution in [0.15, 0.2) is 97.8 Å². The summed E-state index contributed by atoms with van der Waals surface area (Å²) in [4.78, 5) is 68.6. The number of nitrogens with zero attached hydrogens (tertiary/aromatic N) is 8. The van der Waals surface area contributed by atoms with Gasteiger partial charge in [-0.15, -0.1) is 0 Å². The number of hydrogen-bond acceptors (Lipinski definition) is 19. The molecule has 0 fully saturated rings. The fourth-order valence-corrected chi connectivity index (χ4v) is 5.34. The van der Waals surface area contributed by atoms with E-state index in [1.807, 2.05) is 30.3 Å². The zero-order valence-corrected chi connectivity index (χ0v) is 37.6. The van der Waals surface area contributed by atoms with Gasteiger partial charge in [0.15, 0.2) is 11.6 Å². The maximum absolute atomic E-state index is 11.7. The van der Waals surface area contributed by atoms with Crippen molar-refractivity contribution in [2.24, 2.45) is 0 Å². The summed E-state index contributed by atoms with van der Waals surface area (Å²) in [6.07, 6.45) is 4.87. The Kier molecular flexibility index (Phi) is 22.8. The lowest BCUT2D eigenvalue weighted by Gasteiger charge is -2.19. The first-order valence-electron chi connectivity index (χ1n) is 20.5. The number of hydrogen-bond donors (Lipinski definition) is 5. The lowest BCUT2D eigenvalue weighted by Crippen LogP contribution is -2.34. The quantitative estimate of drug-likeness (QED) is 0.0346. The molecule has 5 N–H and O–H groups in total. The molecule has 0 aliphatic rings. The number of ether oxygens (including phenoxy) is 5. The predicted octanol–water partition coefficient (Wildman–Crippen LogP) is 8.35. The molecule has 0 aliphatic heterocycles. The van der Waals surface area contributed by atoms with E-state index in [9.17, 15) is 19.5 Å². The normalized spacial score (nSPS) is 10.4. The van der Waals surface area contributed by atoms with E-state index in [1.165, 1.54) is 26.0 Å². The monoisotopic (exact) mass is 952 g/mol. The molecule has 0 bridgehead atoms. The molecule has 370 valence electrons. The number of nitrogens with one attached hydrogen (secondary N) is 4. The van der Waals surface area contributed by atoms with Crippen molar-refractivity contribution in [3.8, 4) is 34.3 Å². The minimum absolute atomic E-state index is 0. The topological polar surface area (TPSA) is 269 Å². The number of carbonyl (C=O) groups is 3. The number of pyridine rings is 2. The Labute approximate surface area is 403 Å². The molecule has 6 rings (SSSR count). The van der Waals surface area contributed by atoms with Crippen LogP contribution in [0.2, 0.25) is 0 Å². The predicted molar refractivity (Wildman–Crippen MR) is 262 cm³/mol. The van der Waals surface area contributed by atoms with Crippen LogP contribution in [-0.2, 0) is 20.8 Å². The molecule has 4 heterocycles. The van der Waals surface area contributed by atoms with E-state index in [0.29, 0.717) is 65.1 Å². The first-order chi connectivity index (χ1) is 31.6. The van der Waals surface area contributed by atoms with Gasteiger partial charge in [-0.2, -0.15) is 9.97 Å². The summed E-state index contributed by atoms with van der Waals surface area (Å²) >= 11 is 0. The molecular formula is C48H64N12O9. The van der Waals surface area contributed by atoms with E-state index in [-0.39, 0.29) is 47.8 Å². The molecule has 0 saturated carbocycles. The Morgan fingerprint density at radius 1 is 0.594 bits per heavy atom. The lowest BCUT2D eigenvalue weighted by atomic mass is 10.2. The second-order valence-corrected chi connectivity index (χ2v) is 15.7. The summed E-state index contributed by atoms with van der Waals surface area (Å²) in [6, 6.07) is 21.2. The minimum Gasteiger partial charge on any atom is -0.492 e. The van der Waals surface area contributed by atoms with Gasteiger partial charge in [-0.25, -0.2) is 39.3 Å². The number of rotatable bonds is 16. The molecule has 21 heteroatoms. The Bertz CT molecular complexity index is 2550.